The van der Waals surface area contributed by atoms with E-state index in [4.69, 9.17) is 0 Å². The number of nitrogens with zero attached hydrogens (tertiary/aromatic N) is 1. The molecule has 3 rings (SSSR count). The zero-order valence-corrected chi connectivity index (χ0v) is 13.4. The van der Waals surface area contributed by atoms with E-state index >= 15 is 0 Å². The summed E-state index contributed by atoms with van der Waals surface area (Å²) in [6.07, 6.45) is 2.22. The number of rotatable bonds is 4. The number of amides is 2. The molecule has 7 heteroatoms. The SMILES string of the molecule is O=C(NCC1CCCNC1)C1CC(=O)N(c2ccc(F)cc2F)C1. The molecule has 130 valence electrons. The van der Waals surface area contributed by atoms with Crippen molar-refractivity contribution in [2.24, 2.45) is 11.8 Å². The van der Waals surface area contributed by atoms with E-state index in [1.807, 2.05) is 0 Å². The molecular formula is C17H21F2N3O2. The van der Waals surface area contributed by atoms with Crippen LogP contribution in [-0.4, -0.2) is 38.0 Å². The Morgan fingerprint density at radius 3 is 2.92 bits per heavy atom. The molecule has 5 nitrogen and oxygen atoms in total. The molecule has 2 aliphatic rings. The average molecular weight is 337 g/mol. The topological polar surface area (TPSA) is 61.4 Å². The molecule has 2 N–H and O–H groups in total. The molecule has 2 amide bonds. The molecule has 0 radical (unpaired) electrons. The fraction of sp³-hybridized carbons (Fsp3) is 0.529. The molecule has 1 aromatic carbocycles. The van der Waals surface area contributed by atoms with Crippen LogP contribution in [0.5, 0.6) is 0 Å². The third-order valence-corrected chi connectivity index (χ3v) is 4.66. The summed E-state index contributed by atoms with van der Waals surface area (Å²) in [5, 5.41) is 6.19. The Kier molecular flexibility index (Phi) is 5.08. The zero-order valence-electron chi connectivity index (χ0n) is 13.4. The second-order valence-electron chi connectivity index (χ2n) is 6.46. The van der Waals surface area contributed by atoms with Gasteiger partial charge in [0.2, 0.25) is 11.8 Å². The van der Waals surface area contributed by atoms with Gasteiger partial charge in [-0.2, -0.15) is 0 Å². The number of anilines is 1. The van der Waals surface area contributed by atoms with Crippen molar-refractivity contribution in [3.8, 4) is 0 Å². The highest BCUT2D eigenvalue weighted by Crippen LogP contribution is 2.28. The zero-order chi connectivity index (χ0) is 17.1. The summed E-state index contributed by atoms with van der Waals surface area (Å²) in [5.74, 6) is -2.08. The molecule has 0 spiro atoms. The Labute approximate surface area is 139 Å². The molecule has 24 heavy (non-hydrogen) atoms. The lowest BCUT2D eigenvalue weighted by atomic mass is 9.99. The first-order valence-electron chi connectivity index (χ1n) is 8.28. The van der Waals surface area contributed by atoms with Crippen LogP contribution in [0, 0.1) is 23.5 Å². The van der Waals surface area contributed by atoms with Crippen molar-refractivity contribution in [3.05, 3.63) is 29.8 Å². The van der Waals surface area contributed by atoms with Gasteiger partial charge in [0.25, 0.3) is 0 Å². The Bertz CT molecular complexity index is 632. The Morgan fingerprint density at radius 2 is 2.21 bits per heavy atom. The standard InChI is InChI=1S/C17H21F2N3O2/c18-13-3-4-15(14(19)7-13)22-10-12(6-16(22)23)17(24)21-9-11-2-1-5-20-8-11/h3-4,7,11-12,20H,1-2,5-6,8-10H2,(H,21,24). The lowest BCUT2D eigenvalue weighted by Gasteiger charge is -2.23. The van der Waals surface area contributed by atoms with Crippen LogP contribution >= 0.6 is 0 Å². The van der Waals surface area contributed by atoms with Crippen LogP contribution in [0.3, 0.4) is 0 Å². The van der Waals surface area contributed by atoms with E-state index in [2.05, 4.69) is 10.6 Å². The van der Waals surface area contributed by atoms with Gasteiger partial charge in [0.1, 0.15) is 11.6 Å². The number of carbonyl (C=O) groups is 2. The average Bonchev–Trinajstić information content (AvgIpc) is 2.95. The number of hydrogen-bond acceptors (Lipinski definition) is 3. The fourth-order valence-corrected chi connectivity index (χ4v) is 3.30. The van der Waals surface area contributed by atoms with E-state index in [1.54, 1.807) is 0 Å². The molecule has 2 atom stereocenters. The predicted octanol–water partition coefficient (Wildman–Crippen LogP) is 1.43. The molecule has 2 fully saturated rings. The maximum absolute atomic E-state index is 13.9. The van der Waals surface area contributed by atoms with E-state index in [-0.39, 0.29) is 30.5 Å². The molecule has 0 bridgehead atoms. The second kappa shape index (κ2) is 7.25. The van der Waals surface area contributed by atoms with Gasteiger partial charge in [0.15, 0.2) is 0 Å². The monoisotopic (exact) mass is 337 g/mol. The number of piperidine rings is 1. The van der Waals surface area contributed by atoms with Crippen molar-refractivity contribution in [1.82, 2.24) is 10.6 Å². The first-order valence-corrected chi connectivity index (χ1v) is 8.28. The minimum atomic E-state index is -0.794. The lowest BCUT2D eigenvalue weighted by molar-refractivity contribution is -0.126. The Morgan fingerprint density at radius 1 is 1.38 bits per heavy atom. The van der Waals surface area contributed by atoms with E-state index in [0.29, 0.717) is 12.5 Å². The lowest BCUT2D eigenvalue weighted by Crippen LogP contribution is -2.40. The summed E-state index contributed by atoms with van der Waals surface area (Å²) >= 11 is 0. The molecule has 0 aromatic heterocycles. The van der Waals surface area contributed by atoms with Gasteiger partial charge in [-0.25, -0.2) is 8.78 Å². The molecule has 0 saturated carbocycles. The van der Waals surface area contributed by atoms with E-state index in [0.717, 1.165) is 38.1 Å². The van der Waals surface area contributed by atoms with Gasteiger partial charge in [-0.15, -0.1) is 0 Å². The molecule has 0 aliphatic carbocycles. The van der Waals surface area contributed by atoms with Gasteiger partial charge < -0.3 is 15.5 Å². The van der Waals surface area contributed by atoms with Crippen LogP contribution in [0.15, 0.2) is 18.2 Å². The van der Waals surface area contributed by atoms with Crippen molar-refractivity contribution in [2.45, 2.75) is 19.3 Å². The highest BCUT2D eigenvalue weighted by molar-refractivity contribution is 6.00. The minimum Gasteiger partial charge on any atom is -0.355 e. The number of nitrogens with one attached hydrogen (secondary N) is 2. The maximum atomic E-state index is 13.9. The predicted molar refractivity (Wildman–Crippen MR) is 85.4 cm³/mol. The van der Waals surface area contributed by atoms with Gasteiger partial charge in [-0.05, 0) is 44.0 Å². The van der Waals surface area contributed by atoms with Gasteiger partial charge in [-0.1, -0.05) is 0 Å². The first kappa shape index (κ1) is 16.8. The van der Waals surface area contributed by atoms with Crippen LogP contribution in [0.25, 0.3) is 0 Å². The van der Waals surface area contributed by atoms with E-state index in [1.165, 1.54) is 11.0 Å². The second-order valence-corrected chi connectivity index (χ2v) is 6.46. The Balaban J connectivity index is 1.58. The largest absolute Gasteiger partial charge is 0.355 e. The number of halogens is 2. The van der Waals surface area contributed by atoms with Crippen molar-refractivity contribution in [3.63, 3.8) is 0 Å². The molecule has 2 unspecified atom stereocenters. The van der Waals surface area contributed by atoms with Crippen molar-refractivity contribution in [1.29, 1.82) is 0 Å². The number of benzene rings is 1. The summed E-state index contributed by atoms with van der Waals surface area (Å²) in [6.45, 7) is 2.61. The van der Waals surface area contributed by atoms with Crippen molar-refractivity contribution >= 4 is 17.5 Å². The van der Waals surface area contributed by atoms with Crippen LogP contribution in [-0.2, 0) is 9.59 Å². The molecule has 1 aromatic rings. The van der Waals surface area contributed by atoms with Gasteiger partial charge in [-0.3, -0.25) is 9.59 Å². The van der Waals surface area contributed by atoms with Gasteiger partial charge >= 0.3 is 0 Å². The third kappa shape index (κ3) is 3.72. The normalized spacial score (nSPS) is 24.2. The summed E-state index contributed by atoms with van der Waals surface area (Å²) in [5.41, 5.74) is 0.0215. The summed E-state index contributed by atoms with van der Waals surface area (Å²) in [6, 6.07) is 3.08. The summed E-state index contributed by atoms with van der Waals surface area (Å²) in [4.78, 5) is 25.6. The molecule has 2 aliphatic heterocycles. The smallest absolute Gasteiger partial charge is 0.227 e. The number of carbonyl (C=O) groups excluding carboxylic acids is 2. The highest BCUT2D eigenvalue weighted by Gasteiger charge is 2.36. The maximum Gasteiger partial charge on any atom is 0.227 e. The van der Waals surface area contributed by atoms with E-state index < -0.39 is 17.6 Å². The third-order valence-electron chi connectivity index (χ3n) is 4.66. The minimum absolute atomic E-state index is 0.0215. The summed E-state index contributed by atoms with van der Waals surface area (Å²) in [7, 11) is 0. The van der Waals surface area contributed by atoms with Crippen LogP contribution in [0.2, 0.25) is 0 Å². The van der Waals surface area contributed by atoms with Crippen molar-refractivity contribution in [2.75, 3.05) is 31.1 Å². The molecule has 2 heterocycles. The van der Waals surface area contributed by atoms with E-state index in [9.17, 15) is 18.4 Å². The first-order chi connectivity index (χ1) is 11.5. The number of hydrogen-bond donors (Lipinski definition) is 2. The molecule has 2 saturated heterocycles. The highest BCUT2D eigenvalue weighted by atomic mass is 19.1. The Hall–Kier alpha value is -2.02. The van der Waals surface area contributed by atoms with Gasteiger partial charge in [0.05, 0.1) is 11.6 Å². The van der Waals surface area contributed by atoms with Crippen LogP contribution in [0.4, 0.5) is 14.5 Å². The molecular weight excluding hydrogens is 316 g/mol. The quantitative estimate of drug-likeness (QED) is 0.874. The van der Waals surface area contributed by atoms with Crippen LogP contribution < -0.4 is 15.5 Å². The summed E-state index contributed by atoms with van der Waals surface area (Å²) < 4.78 is 26.9. The fourth-order valence-electron chi connectivity index (χ4n) is 3.30. The van der Waals surface area contributed by atoms with Crippen molar-refractivity contribution < 1.29 is 18.4 Å². The van der Waals surface area contributed by atoms with Crippen LogP contribution in [0.1, 0.15) is 19.3 Å². The van der Waals surface area contributed by atoms with Gasteiger partial charge in [0, 0.05) is 25.6 Å².